The second-order valence-electron chi connectivity index (χ2n) is 2.32. The zero-order valence-electron chi connectivity index (χ0n) is 6.24. The Labute approximate surface area is 82.3 Å². The van der Waals surface area contributed by atoms with E-state index in [0.717, 1.165) is 16.7 Å². The predicted octanol–water partition coefficient (Wildman–Crippen LogP) is 1.85. The van der Waals surface area contributed by atoms with Gasteiger partial charge >= 0.3 is 81.6 Å². The molecule has 1 aromatic heterocycles. The first-order chi connectivity index (χ1) is 6.12. The number of alkyl halides is 6. The van der Waals surface area contributed by atoms with E-state index in [2.05, 4.69) is 5.10 Å². The van der Waals surface area contributed by atoms with E-state index in [1.165, 1.54) is 0 Å². The number of hydrogen-bond donors (Lipinski definition) is 0. The van der Waals surface area contributed by atoms with Gasteiger partial charge in [0.05, 0.1) is 0 Å². The monoisotopic (exact) mass is 277 g/mol. The Balaban J connectivity index is 3.19. The van der Waals surface area contributed by atoms with Crippen molar-refractivity contribution < 1.29 is 26.3 Å². The standard InChI is InChI=1S/C5HF6GeN2/c6-4(7,8)2-1-3(5(9,10)11)14(12)13-2/h1H. The molecule has 1 rings (SSSR count). The van der Waals surface area contributed by atoms with Crippen LogP contribution in [-0.2, 0) is 12.4 Å². The van der Waals surface area contributed by atoms with Gasteiger partial charge in [-0.15, -0.1) is 0 Å². The van der Waals surface area contributed by atoms with Crippen LogP contribution < -0.4 is 0 Å². The van der Waals surface area contributed by atoms with E-state index in [9.17, 15) is 26.3 Å². The second-order valence-corrected chi connectivity index (χ2v) is 3.21. The number of rotatable bonds is 0. The van der Waals surface area contributed by atoms with Crippen molar-refractivity contribution in [2.45, 2.75) is 12.4 Å². The van der Waals surface area contributed by atoms with Gasteiger partial charge in [-0.05, 0) is 0 Å². The summed E-state index contributed by atoms with van der Waals surface area (Å²) < 4.78 is 72.0. The third-order valence-electron chi connectivity index (χ3n) is 1.29. The van der Waals surface area contributed by atoms with Crippen LogP contribution in [0, 0.1) is 0 Å². The molecular formula is C5HF6GeN2. The Morgan fingerprint density at radius 1 is 1.07 bits per heavy atom. The van der Waals surface area contributed by atoms with Crippen molar-refractivity contribution in [2.24, 2.45) is 0 Å². The maximum absolute atomic E-state index is 12.0. The SMILES string of the molecule is FC(F)(F)c1cc(C(F)(F)F)[n]([Ge])n1. The average molecular weight is 276 g/mol. The Bertz CT molecular complexity index is 337. The van der Waals surface area contributed by atoms with Crippen LogP contribution in [0.1, 0.15) is 11.4 Å². The molecule has 0 aromatic carbocycles. The molecule has 14 heavy (non-hydrogen) atoms. The summed E-state index contributed by atoms with van der Waals surface area (Å²) in [4.78, 5) is 0. The molecule has 0 aliphatic rings. The van der Waals surface area contributed by atoms with Crippen molar-refractivity contribution in [1.29, 1.82) is 0 Å². The Morgan fingerprint density at radius 2 is 1.57 bits per heavy atom. The summed E-state index contributed by atoms with van der Waals surface area (Å²) in [5, 5.41) is 2.72. The summed E-state index contributed by atoms with van der Waals surface area (Å²) in [6.07, 6.45) is -9.69. The summed E-state index contributed by atoms with van der Waals surface area (Å²) in [5.41, 5.74) is -2.97. The number of halogens is 6. The topological polar surface area (TPSA) is 17.8 Å². The van der Waals surface area contributed by atoms with Gasteiger partial charge in [-0.25, -0.2) is 0 Å². The number of aromatic nitrogens is 2. The zero-order chi connectivity index (χ0) is 11.1. The molecule has 0 N–H and O–H groups in total. The van der Waals surface area contributed by atoms with Crippen LogP contribution in [0.4, 0.5) is 26.3 Å². The van der Waals surface area contributed by atoms with Crippen molar-refractivity contribution in [3.8, 4) is 0 Å². The predicted molar refractivity (Wildman–Crippen MR) is 33.4 cm³/mol. The minimum atomic E-state index is -4.86. The van der Waals surface area contributed by atoms with E-state index in [1.807, 2.05) is 0 Å². The van der Waals surface area contributed by atoms with E-state index in [-0.39, 0.29) is 9.71 Å². The molecule has 2 nitrogen and oxygen atoms in total. The molecule has 0 aliphatic carbocycles. The molecule has 0 unspecified atom stereocenters. The number of hydrogen-bond acceptors (Lipinski definition) is 1. The normalized spacial score (nSPS) is 13.4. The van der Waals surface area contributed by atoms with Crippen molar-refractivity contribution in [3.05, 3.63) is 17.5 Å². The molecule has 3 radical (unpaired) electrons. The van der Waals surface area contributed by atoms with Crippen LogP contribution in [0.5, 0.6) is 0 Å². The van der Waals surface area contributed by atoms with E-state index >= 15 is 0 Å². The molecule has 0 saturated heterocycles. The fourth-order valence-corrected chi connectivity index (χ4v) is 1.35. The molecule has 0 fully saturated rings. The molecule has 0 bridgehead atoms. The first-order valence-corrected chi connectivity index (χ1v) is 4.02. The fourth-order valence-electron chi connectivity index (χ4n) is 0.722. The third kappa shape index (κ3) is 2.22. The van der Waals surface area contributed by atoms with Crippen molar-refractivity contribution in [1.82, 2.24) is 8.74 Å². The molecule has 0 atom stereocenters. The van der Waals surface area contributed by atoms with Crippen LogP contribution in [0.3, 0.4) is 0 Å². The van der Waals surface area contributed by atoms with E-state index in [1.54, 1.807) is 0 Å². The summed E-state index contributed by atoms with van der Waals surface area (Å²) in [5.74, 6) is 0. The van der Waals surface area contributed by atoms with Crippen LogP contribution in [0.2, 0.25) is 0 Å². The summed E-state index contributed by atoms with van der Waals surface area (Å²) in [6.45, 7) is 0. The molecule has 9 heteroatoms. The summed E-state index contributed by atoms with van der Waals surface area (Å²) in [6, 6.07) is -0.0278. The molecule has 0 saturated carbocycles. The molecule has 1 heterocycles. The second kappa shape index (κ2) is 3.18. The first-order valence-electron chi connectivity index (χ1n) is 3.08. The van der Waals surface area contributed by atoms with Crippen LogP contribution in [-0.4, -0.2) is 25.5 Å². The molecule has 0 aliphatic heterocycles. The van der Waals surface area contributed by atoms with Gasteiger partial charge in [0.15, 0.2) is 0 Å². The Kier molecular flexibility index (Phi) is 2.59. The van der Waals surface area contributed by atoms with Gasteiger partial charge in [0.2, 0.25) is 0 Å². The van der Waals surface area contributed by atoms with Gasteiger partial charge in [0, 0.05) is 0 Å². The van der Waals surface area contributed by atoms with Gasteiger partial charge in [0.1, 0.15) is 0 Å². The van der Waals surface area contributed by atoms with Crippen molar-refractivity contribution in [3.63, 3.8) is 0 Å². The van der Waals surface area contributed by atoms with Gasteiger partial charge in [-0.3, -0.25) is 0 Å². The first kappa shape index (κ1) is 11.4. The molecule has 1 aromatic rings. The van der Waals surface area contributed by atoms with Crippen molar-refractivity contribution >= 4 is 16.7 Å². The fraction of sp³-hybridized carbons (Fsp3) is 0.400. The molecule has 77 valence electrons. The van der Waals surface area contributed by atoms with Crippen LogP contribution >= 0.6 is 0 Å². The van der Waals surface area contributed by atoms with Crippen molar-refractivity contribution in [2.75, 3.05) is 0 Å². The summed E-state index contributed by atoms with van der Waals surface area (Å²) >= 11 is 0.804. The molecular weight excluding hydrogens is 275 g/mol. The van der Waals surface area contributed by atoms with Gasteiger partial charge < -0.3 is 0 Å². The Hall–Kier alpha value is -0.667. The van der Waals surface area contributed by atoms with E-state index in [4.69, 9.17) is 0 Å². The zero-order valence-corrected chi connectivity index (χ0v) is 8.34. The van der Waals surface area contributed by atoms with Gasteiger partial charge in [-0.2, -0.15) is 0 Å². The quantitative estimate of drug-likeness (QED) is 0.522. The van der Waals surface area contributed by atoms with Gasteiger partial charge in [-0.1, -0.05) is 0 Å². The summed E-state index contributed by atoms with van der Waals surface area (Å²) in [7, 11) is 0. The van der Waals surface area contributed by atoms with Crippen LogP contribution in [0.25, 0.3) is 0 Å². The minimum absolute atomic E-state index is 0.0278. The average Bonchev–Trinajstić information content (AvgIpc) is 2.27. The van der Waals surface area contributed by atoms with E-state index < -0.39 is 23.7 Å². The third-order valence-corrected chi connectivity index (χ3v) is 2.01. The molecule has 0 spiro atoms. The number of nitrogens with zero attached hydrogens (tertiary/aromatic N) is 2. The van der Waals surface area contributed by atoms with E-state index in [0.29, 0.717) is 0 Å². The molecule has 0 amide bonds. The Morgan fingerprint density at radius 3 is 1.79 bits per heavy atom. The van der Waals surface area contributed by atoms with Crippen LogP contribution in [0.15, 0.2) is 6.07 Å². The van der Waals surface area contributed by atoms with Gasteiger partial charge in [0.25, 0.3) is 0 Å². The maximum atomic E-state index is 12.0.